The number of nitrogens with one attached hydrogen (secondary N) is 1. The second kappa shape index (κ2) is 8.49. The molecule has 118 valence electrons. The Morgan fingerprint density at radius 2 is 2.00 bits per heavy atom. The van der Waals surface area contributed by atoms with E-state index in [2.05, 4.69) is 29.6 Å². The molecule has 4 nitrogen and oxygen atoms in total. The van der Waals surface area contributed by atoms with Crippen molar-refractivity contribution in [3.05, 3.63) is 35.9 Å². The van der Waals surface area contributed by atoms with Crippen molar-refractivity contribution in [1.82, 2.24) is 5.32 Å². The number of benzene rings is 1. The highest BCUT2D eigenvalue weighted by Crippen LogP contribution is 2.40. The molecule has 1 saturated carbocycles. The van der Waals surface area contributed by atoms with Gasteiger partial charge in [-0.05, 0) is 25.8 Å². The molecule has 1 aromatic rings. The first-order valence-corrected chi connectivity index (χ1v) is 7.82. The number of rotatable bonds is 10. The van der Waals surface area contributed by atoms with Crippen LogP contribution in [0.5, 0.6) is 0 Å². The van der Waals surface area contributed by atoms with Gasteiger partial charge in [-0.25, -0.2) is 0 Å². The lowest BCUT2D eigenvalue weighted by Gasteiger charge is -2.13. The first kappa shape index (κ1) is 16.4. The van der Waals surface area contributed by atoms with Crippen LogP contribution in [0.25, 0.3) is 0 Å². The zero-order valence-corrected chi connectivity index (χ0v) is 13.0. The number of aliphatic hydroxyl groups is 1. The molecule has 1 aliphatic rings. The topological polar surface area (TPSA) is 50.7 Å². The lowest BCUT2D eigenvalue weighted by molar-refractivity contribution is -0.0100. The maximum atomic E-state index is 9.86. The summed E-state index contributed by atoms with van der Waals surface area (Å²) >= 11 is 0. The molecule has 0 bridgehead atoms. The molecular formula is C17H27NO3. The van der Waals surface area contributed by atoms with Crippen LogP contribution in [0.1, 0.15) is 31.7 Å². The molecule has 1 aliphatic carbocycles. The van der Waals surface area contributed by atoms with Crippen molar-refractivity contribution in [1.29, 1.82) is 0 Å². The third-order valence-electron chi connectivity index (χ3n) is 3.62. The third kappa shape index (κ3) is 6.14. The number of aliphatic hydroxyl groups excluding tert-OH is 1. The van der Waals surface area contributed by atoms with Crippen molar-refractivity contribution in [2.24, 2.45) is 0 Å². The zero-order chi connectivity index (χ0) is 15.1. The average molecular weight is 293 g/mol. The van der Waals surface area contributed by atoms with Crippen molar-refractivity contribution in [2.45, 2.75) is 44.4 Å². The van der Waals surface area contributed by atoms with Crippen LogP contribution >= 0.6 is 0 Å². The Morgan fingerprint density at radius 1 is 1.24 bits per heavy atom. The predicted molar refractivity (Wildman–Crippen MR) is 83.5 cm³/mol. The SMILES string of the molecule is CC(C)OCCOCC(O)CNC1CC1c1ccccc1. The average Bonchev–Trinajstić information content (AvgIpc) is 3.25. The molecule has 0 aliphatic heterocycles. The van der Waals surface area contributed by atoms with Crippen LogP contribution in [0, 0.1) is 0 Å². The van der Waals surface area contributed by atoms with Gasteiger partial charge in [0.25, 0.3) is 0 Å². The molecular weight excluding hydrogens is 266 g/mol. The summed E-state index contributed by atoms with van der Waals surface area (Å²) in [5, 5.41) is 13.3. The molecule has 3 atom stereocenters. The van der Waals surface area contributed by atoms with E-state index >= 15 is 0 Å². The molecule has 2 N–H and O–H groups in total. The minimum atomic E-state index is -0.457. The standard InChI is InChI=1S/C17H27NO3/c1-13(2)21-9-8-20-12-15(19)11-18-17-10-16(17)14-6-4-3-5-7-14/h3-7,13,15-19H,8-12H2,1-2H3. The number of hydrogen-bond donors (Lipinski definition) is 2. The van der Waals surface area contributed by atoms with Gasteiger partial charge in [-0.1, -0.05) is 30.3 Å². The van der Waals surface area contributed by atoms with Crippen molar-refractivity contribution in [3.8, 4) is 0 Å². The Labute approximate surface area is 127 Å². The van der Waals surface area contributed by atoms with Gasteiger partial charge in [0.2, 0.25) is 0 Å². The molecule has 0 amide bonds. The molecule has 1 fully saturated rings. The Bertz CT molecular complexity index is 396. The highest BCUT2D eigenvalue weighted by Gasteiger charge is 2.37. The van der Waals surface area contributed by atoms with Crippen molar-refractivity contribution in [2.75, 3.05) is 26.4 Å². The Kier molecular flexibility index (Phi) is 6.64. The van der Waals surface area contributed by atoms with Gasteiger partial charge in [0.15, 0.2) is 0 Å². The quantitative estimate of drug-likeness (QED) is 0.647. The van der Waals surface area contributed by atoms with Crippen LogP contribution in [0.15, 0.2) is 30.3 Å². The lowest BCUT2D eigenvalue weighted by Crippen LogP contribution is -2.32. The van der Waals surface area contributed by atoms with Gasteiger partial charge >= 0.3 is 0 Å². The van der Waals surface area contributed by atoms with E-state index in [9.17, 15) is 5.11 Å². The lowest BCUT2D eigenvalue weighted by atomic mass is 10.1. The van der Waals surface area contributed by atoms with Gasteiger partial charge in [0.1, 0.15) is 0 Å². The summed E-state index contributed by atoms with van der Waals surface area (Å²) < 4.78 is 10.8. The summed E-state index contributed by atoms with van der Waals surface area (Å²) in [6, 6.07) is 11.0. The van der Waals surface area contributed by atoms with E-state index in [1.807, 2.05) is 19.9 Å². The summed E-state index contributed by atoms with van der Waals surface area (Å²) in [7, 11) is 0. The molecule has 1 aromatic carbocycles. The summed E-state index contributed by atoms with van der Waals surface area (Å²) in [4.78, 5) is 0. The van der Waals surface area contributed by atoms with E-state index < -0.39 is 6.10 Å². The predicted octanol–water partition coefficient (Wildman–Crippen LogP) is 1.93. The van der Waals surface area contributed by atoms with E-state index in [0.717, 1.165) is 6.42 Å². The van der Waals surface area contributed by atoms with Crippen LogP contribution in [0.3, 0.4) is 0 Å². The van der Waals surface area contributed by atoms with Gasteiger partial charge in [-0.15, -0.1) is 0 Å². The maximum Gasteiger partial charge on any atom is 0.0897 e. The highest BCUT2D eigenvalue weighted by atomic mass is 16.5. The van der Waals surface area contributed by atoms with Crippen LogP contribution in [0.4, 0.5) is 0 Å². The normalized spacial score (nSPS) is 22.5. The second-order valence-electron chi connectivity index (χ2n) is 5.92. The van der Waals surface area contributed by atoms with Gasteiger partial charge in [0.05, 0.1) is 32.0 Å². The van der Waals surface area contributed by atoms with Gasteiger partial charge in [-0.2, -0.15) is 0 Å². The Morgan fingerprint density at radius 3 is 2.71 bits per heavy atom. The molecule has 3 unspecified atom stereocenters. The van der Waals surface area contributed by atoms with E-state index in [-0.39, 0.29) is 6.10 Å². The van der Waals surface area contributed by atoms with Gasteiger partial charge in [-0.3, -0.25) is 0 Å². The molecule has 0 saturated heterocycles. The van der Waals surface area contributed by atoms with Crippen LogP contribution in [0.2, 0.25) is 0 Å². The maximum absolute atomic E-state index is 9.86. The molecule has 0 spiro atoms. The third-order valence-corrected chi connectivity index (χ3v) is 3.62. The van der Waals surface area contributed by atoms with Crippen LogP contribution in [-0.2, 0) is 9.47 Å². The fourth-order valence-corrected chi connectivity index (χ4v) is 2.40. The minimum Gasteiger partial charge on any atom is -0.389 e. The summed E-state index contributed by atoms with van der Waals surface area (Å²) in [6.07, 6.45) is 0.922. The number of hydrogen-bond acceptors (Lipinski definition) is 4. The van der Waals surface area contributed by atoms with E-state index in [1.165, 1.54) is 5.56 Å². The van der Waals surface area contributed by atoms with E-state index in [0.29, 0.717) is 38.3 Å². The monoisotopic (exact) mass is 293 g/mol. The first-order chi connectivity index (χ1) is 10.2. The molecule has 0 radical (unpaired) electrons. The fraction of sp³-hybridized carbons (Fsp3) is 0.647. The summed E-state index contributed by atoms with van der Waals surface area (Å²) in [5.41, 5.74) is 1.38. The largest absolute Gasteiger partial charge is 0.389 e. The Hall–Kier alpha value is -0.940. The highest BCUT2D eigenvalue weighted by molar-refractivity contribution is 5.27. The zero-order valence-electron chi connectivity index (χ0n) is 13.0. The molecule has 2 rings (SSSR count). The van der Waals surface area contributed by atoms with Crippen molar-refractivity contribution in [3.63, 3.8) is 0 Å². The Balaban J connectivity index is 1.51. The van der Waals surface area contributed by atoms with Gasteiger partial charge in [0, 0.05) is 18.5 Å². The fourth-order valence-electron chi connectivity index (χ4n) is 2.40. The smallest absolute Gasteiger partial charge is 0.0897 e. The van der Waals surface area contributed by atoms with Crippen molar-refractivity contribution < 1.29 is 14.6 Å². The van der Waals surface area contributed by atoms with Crippen LogP contribution < -0.4 is 5.32 Å². The molecule has 21 heavy (non-hydrogen) atoms. The van der Waals surface area contributed by atoms with E-state index in [4.69, 9.17) is 9.47 Å². The van der Waals surface area contributed by atoms with Gasteiger partial charge < -0.3 is 19.9 Å². The second-order valence-corrected chi connectivity index (χ2v) is 5.92. The summed E-state index contributed by atoms with van der Waals surface area (Å²) in [5.74, 6) is 0.596. The summed E-state index contributed by atoms with van der Waals surface area (Å²) in [6.45, 7) is 6.05. The van der Waals surface area contributed by atoms with E-state index in [1.54, 1.807) is 0 Å². The molecule has 0 aromatic heterocycles. The number of ether oxygens (including phenoxy) is 2. The first-order valence-electron chi connectivity index (χ1n) is 7.82. The van der Waals surface area contributed by atoms with Crippen molar-refractivity contribution >= 4 is 0 Å². The molecule has 4 heteroatoms. The molecule has 0 heterocycles. The minimum absolute atomic E-state index is 0.227. The van der Waals surface area contributed by atoms with Crippen LogP contribution in [-0.4, -0.2) is 49.7 Å².